The Morgan fingerprint density at radius 1 is 0.609 bits per heavy atom. The minimum atomic E-state index is -5.23. The zero-order chi connectivity index (χ0) is 34.4. The summed E-state index contributed by atoms with van der Waals surface area (Å²) in [5.41, 5.74) is 1.22. The first kappa shape index (κ1) is 37.6. The third-order valence-corrected chi connectivity index (χ3v) is 6.58. The number of nitrogens with zero attached hydrogens (tertiary/aromatic N) is 3. The van der Waals surface area contributed by atoms with Crippen molar-refractivity contribution in [2.75, 3.05) is 59.0 Å². The van der Waals surface area contributed by atoms with E-state index in [4.69, 9.17) is 4.74 Å². The van der Waals surface area contributed by atoms with Crippen LogP contribution in [0.4, 0.5) is 0 Å². The summed E-state index contributed by atoms with van der Waals surface area (Å²) in [6.45, 7) is -5.64. The fourth-order valence-electron chi connectivity index (χ4n) is 4.27. The number of benzene rings is 2. The molecule has 0 saturated heterocycles. The van der Waals surface area contributed by atoms with Crippen molar-refractivity contribution in [1.29, 1.82) is 0 Å². The van der Waals surface area contributed by atoms with Gasteiger partial charge in [0.1, 0.15) is 25.9 Å². The zero-order valence-corrected chi connectivity index (χ0v) is 24.9. The van der Waals surface area contributed by atoms with E-state index >= 15 is 0 Å². The van der Waals surface area contributed by atoms with Crippen molar-refractivity contribution in [3.63, 3.8) is 0 Å². The van der Waals surface area contributed by atoms with Crippen LogP contribution in [0, 0.1) is 0 Å². The molecule has 19 heteroatoms. The Morgan fingerprint density at radius 2 is 1.00 bits per heavy atom. The molecule has 0 spiro atoms. The van der Waals surface area contributed by atoms with Crippen LogP contribution in [0.2, 0.25) is 0 Å². The van der Waals surface area contributed by atoms with E-state index in [1.165, 1.54) is 36.4 Å². The Labute approximate surface area is 261 Å². The molecule has 0 N–H and O–H groups in total. The number of ether oxygens (including phenoxy) is 1. The van der Waals surface area contributed by atoms with Crippen molar-refractivity contribution >= 4 is 37.7 Å². The molecule has 0 bridgehead atoms. The number of phosphoric acid groups is 1. The number of hydrogen-bond donors (Lipinski definition) is 0. The Bertz CT molecular complexity index is 1370. The summed E-state index contributed by atoms with van der Waals surface area (Å²) in [7, 11) is -5.23. The fraction of sp³-hybridized carbons (Fsp3) is 0.370. The molecule has 2 aromatic rings. The van der Waals surface area contributed by atoms with E-state index in [0.29, 0.717) is 11.1 Å². The first-order chi connectivity index (χ1) is 21.5. The molecule has 1 atom stereocenters. The third kappa shape index (κ3) is 14.9. The number of carboxylic acids is 5. The van der Waals surface area contributed by atoms with Gasteiger partial charge < -0.3 is 73.1 Å². The quantitative estimate of drug-likeness (QED) is 0.106. The van der Waals surface area contributed by atoms with Crippen molar-refractivity contribution in [2.24, 2.45) is 0 Å². The van der Waals surface area contributed by atoms with Crippen LogP contribution in [0.5, 0.6) is 11.5 Å². The molecule has 0 aromatic heterocycles. The molecule has 0 amide bonds. The van der Waals surface area contributed by atoms with Gasteiger partial charge in [-0.1, -0.05) is 24.3 Å². The molecule has 0 aliphatic heterocycles. The Hall–Kier alpha value is -4.58. The number of carbonyl (C=O) groups is 5. The first-order valence-electron chi connectivity index (χ1n) is 13.2. The standard InChI is InChI=1S/C27H34N3O15P/c31-23(32)12-28(9-10-29(13-24(33)34)14-25(35)36)11-20(30(15-26(37)38)16-27(39)40)17-44-21-5-1-18(2-6-21)19-3-7-22(8-4-19)45-46(41,42)43/h1-8,20H,9-17H2,(H,31,32)(H,33,34)(H,35,36)(H,37,38)(H,39,40)(H2,41,42,43)/p-7/t20-/m1/s1. The summed E-state index contributed by atoms with van der Waals surface area (Å²) >= 11 is 0. The predicted molar refractivity (Wildman–Crippen MR) is 139 cm³/mol. The van der Waals surface area contributed by atoms with Gasteiger partial charge in [-0.05, 0) is 35.4 Å². The molecular weight excluding hydrogens is 637 g/mol. The van der Waals surface area contributed by atoms with E-state index in [0.717, 1.165) is 14.7 Å². The van der Waals surface area contributed by atoms with Gasteiger partial charge in [-0.2, -0.15) is 0 Å². The van der Waals surface area contributed by atoms with Crippen molar-refractivity contribution in [3.8, 4) is 22.6 Å². The summed E-state index contributed by atoms with van der Waals surface area (Å²) < 4.78 is 20.8. The molecule has 2 aromatic carbocycles. The SMILES string of the molecule is O=C([O-])CN(CCN(CC(=O)[O-])C[C@H](COc1ccc(-c2ccc(OP(=O)([O-])[O-])cc2)cc1)N(CC(=O)[O-])CC(=O)[O-])CC(=O)[O-]. The average Bonchev–Trinajstić information content (AvgIpc) is 2.92. The number of carboxylic acid groups (broad SMARTS) is 5. The van der Waals surface area contributed by atoms with Crippen molar-refractivity contribution in [2.45, 2.75) is 6.04 Å². The number of rotatable bonds is 22. The molecular formula is C27H27N3O15P-7. The van der Waals surface area contributed by atoms with E-state index < -0.39 is 83.0 Å². The molecule has 0 aliphatic rings. The van der Waals surface area contributed by atoms with Gasteiger partial charge in [-0.15, -0.1) is 0 Å². The number of hydrogen-bond acceptors (Lipinski definition) is 18. The number of phosphoric ester groups is 1. The lowest BCUT2D eigenvalue weighted by atomic mass is 10.1. The van der Waals surface area contributed by atoms with E-state index in [2.05, 4.69) is 4.52 Å². The maximum atomic E-state index is 11.4. The monoisotopic (exact) mass is 664 g/mol. The predicted octanol–water partition coefficient (Wildman–Crippen LogP) is -8.04. The molecule has 0 fully saturated rings. The van der Waals surface area contributed by atoms with E-state index in [1.807, 2.05) is 0 Å². The molecule has 0 heterocycles. The van der Waals surface area contributed by atoms with Gasteiger partial charge >= 0.3 is 0 Å². The fourth-order valence-corrected chi connectivity index (χ4v) is 4.65. The van der Waals surface area contributed by atoms with Gasteiger partial charge in [0.15, 0.2) is 0 Å². The average molecular weight is 664 g/mol. The minimum Gasteiger partial charge on any atom is -0.780 e. The van der Waals surface area contributed by atoms with E-state index in [9.17, 15) is 63.9 Å². The lowest BCUT2D eigenvalue weighted by Gasteiger charge is -2.36. The molecule has 252 valence electrons. The summed E-state index contributed by atoms with van der Waals surface area (Å²) in [6.07, 6.45) is 0. The molecule has 2 rings (SSSR count). The molecule has 0 saturated carbocycles. The molecule has 0 radical (unpaired) electrons. The maximum Gasteiger partial charge on any atom is 0.124 e. The summed E-state index contributed by atoms with van der Waals surface area (Å²) in [6, 6.07) is 10.6. The van der Waals surface area contributed by atoms with E-state index in [-0.39, 0.29) is 31.1 Å². The minimum absolute atomic E-state index is 0.182. The molecule has 18 nitrogen and oxygen atoms in total. The van der Waals surface area contributed by atoms with Crippen LogP contribution in [0.1, 0.15) is 0 Å². The highest BCUT2D eigenvalue weighted by molar-refractivity contribution is 7.43. The number of carbonyl (C=O) groups excluding carboxylic acids is 5. The maximum absolute atomic E-state index is 11.4. The van der Waals surface area contributed by atoms with Crippen LogP contribution in [0.3, 0.4) is 0 Å². The largest absolute Gasteiger partial charge is 0.780 e. The van der Waals surface area contributed by atoms with Crippen LogP contribution < -0.4 is 44.6 Å². The van der Waals surface area contributed by atoms with Gasteiger partial charge in [0.2, 0.25) is 0 Å². The van der Waals surface area contributed by atoms with Crippen LogP contribution >= 0.6 is 7.82 Å². The van der Waals surface area contributed by atoms with Gasteiger partial charge in [-0.25, -0.2) is 0 Å². The van der Waals surface area contributed by atoms with E-state index in [1.54, 1.807) is 12.1 Å². The van der Waals surface area contributed by atoms with Gasteiger partial charge in [-0.3, -0.25) is 14.7 Å². The zero-order valence-electron chi connectivity index (χ0n) is 24.0. The lowest BCUT2D eigenvalue weighted by molar-refractivity contribution is -0.334. The second kappa shape index (κ2) is 17.8. The van der Waals surface area contributed by atoms with Crippen LogP contribution in [0.25, 0.3) is 11.1 Å². The normalized spacial score (nSPS) is 12.2. The molecule has 46 heavy (non-hydrogen) atoms. The highest BCUT2D eigenvalue weighted by Crippen LogP contribution is 2.31. The molecule has 0 aliphatic carbocycles. The topological polar surface area (TPSA) is 292 Å². The smallest absolute Gasteiger partial charge is 0.124 e. The summed E-state index contributed by atoms with van der Waals surface area (Å²) in [5.74, 6) is -8.11. The highest BCUT2D eigenvalue weighted by Gasteiger charge is 2.24. The summed E-state index contributed by atoms with van der Waals surface area (Å²) in [4.78, 5) is 80.8. The van der Waals surface area contributed by atoms with Gasteiger partial charge in [0.05, 0.1) is 35.9 Å². The van der Waals surface area contributed by atoms with Crippen LogP contribution in [0.15, 0.2) is 48.5 Å². The van der Waals surface area contributed by atoms with Crippen molar-refractivity contribution < 1.29 is 73.1 Å². The Morgan fingerprint density at radius 3 is 1.41 bits per heavy atom. The summed E-state index contributed by atoms with van der Waals surface area (Å²) in [5, 5.41) is 56.3. The highest BCUT2D eigenvalue weighted by atomic mass is 31.2. The van der Waals surface area contributed by atoms with Crippen molar-refractivity contribution in [3.05, 3.63) is 48.5 Å². The second-order valence-electron chi connectivity index (χ2n) is 9.76. The van der Waals surface area contributed by atoms with Crippen LogP contribution in [-0.2, 0) is 28.5 Å². The lowest BCUT2D eigenvalue weighted by Crippen LogP contribution is -2.56. The van der Waals surface area contributed by atoms with Gasteiger partial charge in [0.25, 0.3) is 0 Å². The first-order valence-corrected chi connectivity index (χ1v) is 14.7. The Balaban J connectivity index is 2.25. The second-order valence-corrected chi connectivity index (χ2v) is 10.8. The number of aliphatic carboxylic acids is 5. The molecule has 0 unspecified atom stereocenters. The van der Waals surface area contributed by atoms with Crippen LogP contribution in [-0.4, -0.2) is 110 Å². The third-order valence-electron chi connectivity index (χ3n) is 6.14. The van der Waals surface area contributed by atoms with Crippen molar-refractivity contribution in [1.82, 2.24) is 14.7 Å². The van der Waals surface area contributed by atoms with Gasteiger partial charge in [0, 0.05) is 52.4 Å². The Kier molecular flexibility index (Phi) is 14.5.